The van der Waals surface area contributed by atoms with Gasteiger partial charge in [-0.1, -0.05) is 11.6 Å². The lowest BCUT2D eigenvalue weighted by molar-refractivity contribution is -0.129. The Morgan fingerprint density at radius 1 is 1.38 bits per heavy atom. The van der Waals surface area contributed by atoms with Crippen LogP contribution in [-0.4, -0.2) is 41.0 Å². The van der Waals surface area contributed by atoms with E-state index in [2.05, 4.69) is 5.32 Å². The first-order valence-corrected chi connectivity index (χ1v) is 7.10. The molecule has 0 bridgehead atoms. The topological polar surface area (TPSA) is 95.7 Å². The molecule has 1 fully saturated rings. The Bertz CT molecular complexity index is 569. The third kappa shape index (κ3) is 3.58. The van der Waals surface area contributed by atoms with E-state index < -0.39 is 5.91 Å². The summed E-state index contributed by atoms with van der Waals surface area (Å²) < 4.78 is 0. The van der Waals surface area contributed by atoms with Crippen LogP contribution in [0.1, 0.15) is 30.1 Å². The van der Waals surface area contributed by atoms with Crippen molar-refractivity contribution in [2.24, 2.45) is 5.73 Å². The Morgan fingerprint density at radius 2 is 2.00 bits per heavy atom. The summed E-state index contributed by atoms with van der Waals surface area (Å²) >= 11 is 6.10. The number of rotatable bonds is 3. The predicted octanol–water partition coefficient (Wildman–Crippen LogP) is 1.57. The van der Waals surface area contributed by atoms with Gasteiger partial charge in [0.15, 0.2) is 0 Å². The second-order valence-corrected chi connectivity index (χ2v) is 5.55. The number of hydrogen-bond donors (Lipinski definition) is 3. The number of nitrogens with one attached hydrogen (secondary N) is 1. The fourth-order valence-electron chi connectivity index (χ4n) is 2.43. The molecule has 1 aliphatic heterocycles. The monoisotopic (exact) mass is 311 g/mol. The van der Waals surface area contributed by atoms with Crippen LogP contribution >= 0.6 is 11.6 Å². The number of aromatic hydroxyl groups is 1. The van der Waals surface area contributed by atoms with Gasteiger partial charge >= 0.3 is 0 Å². The molecule has 21 heavy (non-hydrogen) atoms. The first-order valence-electron chi connectivity index (χ1n) is 6.73. The summed E-state index contributed by atoms with van der Waals surface area (Å²) in [4.78, 5) is 24.2. The second-order valence-electron chi connectivity index (χ2n) is 5.14. The molecule has 6 nitrogen and oxygen atoms in total. The number of benzene rings is 1. The van der Waals surface area contributed by atoms with Crippen molar-refractivity contribution in [2.45, 2.75) is 25.8 Å². The van der Waals surface area contributed by atoms with Gasteiger partial charge in [-0.05, 0) is 18.9 Å². The smallest absolute Gasteiger partial charge is 0.252 e. The molecule has 0 radical (unpaired) electrons. The van der Waals surface area contributed by atoms with E-state index in [1.54, 1.807) is 11.8 Å². The van der Waals surface area contributed by atoms with E-state index in [0.29, 0.717) is 23.8 Å². The number of carbonyl (C=O) groups excluding carboxylic acids is 2. The van der Waals surface area contributed by atoms with Gasteiger partial charge < -0.3 is 21.1 Å². The number of anilines is 1. The summed E-state index contributed by atoms with van der Waals surface area (Å²) in [6.45, 7) is 2.94. The highest BCUT2D eigenvalue weighted by molar-refractivity contribution is 6.33. The number of primary amides is 1. The molecule has 1 heterocycles. The maximum Gasteiger partial charge on any atom is 0.252 e. The van der Waals surface area contributed by atoms with Gasteiger partial charge in [-0.2, -0.15) is 0 Å². The number of hydrogen-bond acceptors (Lipinski definition) is 4. The largest absolute Gasteiger partial charge is 0.507 e. The van der Waals surface area contributed by atoms with Crippen molar-refractivity contribution in [1.29, 1.82) is 0 Å². The Kier molecular flexibility index (Phi) is 4.57. The lowest BCUT2D eigenvalue weighted by atomic mass is 10.0. The summed E-state index contributed by atoms with van der Waals surface area (Å²) in [5, 5.41) is 13.3. The predicted molar refractivity (Wildman–Crippen MR) is 80.5 cm³/mol. The number of nitrogens with zero attached hydrogens (tertiary/aromatic N) is 1. The molecule has 1 aromatic rings. The zero-order chi connectivity index (χ0) is 15.6. The molecule has 0 unspecified atom stereocenters. The number of likely N-dealkylation sites (tertiary alicyclic amines) is 1. The van der Waals surface area contributed by atoms with Crippen LogP contribution in [0.5, 0.6) is 5.75 Å². The molecule has 2 amide bonds. The fraction of sp³-hybridized carbons (Fsp3) is 0.429. The Hall–Kier alpha value is -1.95. The van der Waals surface area contributed by atoms with Crippen molar-refractivity contribution >= 4 is 29.1 Å². The Morgan fingerprint density at radius 3 is 2.52 bits per heavy atom. The first kappa shape index (κ1) is 15.4. The number of halogens is 1. The highest BCUT2D eigenvalue weighted by Crippen LogP contribution is 2.31. The summed E-state index contributed by atoms with van der Waals surface area (Å²) in [6.07, 6.45) is 1.60. The molecule has 114 valence electrons. The van der Waals surface area contributed by atoms with Crippen LogP contribution in [-0.2, 0) is 4.79 Å². The third-order valence-corrected chi connectivity index (χ3v) is 3.96. The number of piperidine rings is 1. The average Bonchev–Trinajstić information content (AvgIpc) is 2.42. The highest BCUT2D eigenvalue weighted by atomic mass is 35.5. The van der Waals surface area contributed by atoms with Crippen LogP contribution in [0.25, 0.3) is 0 Å². The van der Waals surface area contributed by atoms with Crippen molar-refractivity contribution in [2.75, 3.05) is 18.4 Å². The first-order chi connectivity index (χ1) is 9.88. The minimum absolute atomic E-state index is 0.00283. The maximum absolute atomic E-state index is 11.3. The SMILES string of the molecule is CC(=O)N1CCC(Nc2cc(O)c(C(N)=O)cc2Cl)CC1. The van der Waals surface area contributed by atoms with Gasteiger partial charge in [0.2, 0.25) is 5.91 Å². The van der Waals surface area contributed by atoms with Gasteiger partial charge in [-0.15, -0.1) is 0 Å². The quantitative estimate of drug-likeness (QED) is 0.789. The van der Waals surface area contributed by atoms with E-state index >= 15 is 0 Å². The number of carbonyl (C=O) groups is 2. The fourth-order valence-corrected chi connectivity index (χ4v) is 2.65. The number of nitrogens with two attached hydrogens (primary N) is 1. The lowest BCUT2D eigenvalue weighted by Gasteiger charge is -2.32. The molecule has 0 atom stereocenters. The average molecular weight is 312 g/mol. The molecule has 7 heteroatoms. The standard InChI is InChI=1S/C14H18ClN3O3/c1-8(19)18-4-2-9(3-5-18)17-12-7-13(20)10(14(16)21)6-11(12)15/h6-7,9,17,20H,2-5H2,1H3,(H2,16,21). The van der Waals surface area contributed by atoms with E-state index in [9.17, 15) is 14.7 Å². The zero-order valence-corrected chi connectivity index (χ0v) is 12.5. The minimum Gasteiger partial charge on any atom is -0.507 e. The van der Waals surface area contributed by atoms with Gasteiger partial charge in [0.25, 0.3) is 5.91 Å². The summed E-state index contributed by atoms with van der Waals surface area (Å²) in [5.74, 6) is -0.846. The van der Waals surface area contributed by atoms with Crippen LogP contribution in [0.15, 0.2) is 12.1 Å². The van der Waals surface area contributed by atoms with E-state index in [0.717, 1.165) is 12.8 Å². The van der Waals surface area contributed by atoms with Crippen LogP contribution in [0, 0.1) is 0 Å². The van der Waals surface area contributed by atoms with Crippen molar-refractivity contribution in [3.8, 4) is 5.75 Å². The lowest BCUT2D eigenvalue weighted by Crippen LogP contribution is -2.41. The van der Waals surface area contributed by atoms with Crippen molar-refractivity contribution in [3.05, 3.63) is 22.7 Å². The second kappa shape index (κ2) is 6.22. The Balaban J connectivity index is 2.06. The Labute approximate surface area is 127 Å². The van der Waals surface area contributed by atoms with Gasteiger partial charge in [-0.25, -0.2) is 0 Å². The van der Waals surface area contributed by atoms with Crippen molar-refractivity contribution in [3.63, 3.8) is 0 Å². The number of amides is 2. The van der Waals surface area contributed by atoms with Gasteiger partial charge in [0, 0.05) is 32.1 Å². The summed E-state index contributed by atoms with van der Waals surface area (Å²) in [5.41, 5.74) is 5.70. The summed E-state index contributed by atoms with van der Waals surface area (Å²) in [6, 6.07) is 2.92. The molecule has 1 aliphatic rings. The third-order valence-electron chi connectivity index (χ3n) is 3.65. The summed E-state index contributed by atoms with van der Waals surface area (Å²) in [7, 11) is 0. The molecular weight excluding hydrogens is 294 g/mol. The van der Waals surface area contributed by atoms with Crippen LogP contribution in [0.3, 0.4) is 0 Å². The molecule has 0 aliphatic carbocycles. The zero-order valence-electron chi connectivity index (χ0n) is 11.7. The minimum atomic E-state index is -0.726. The molecule has 4 N–H and O–H groups in total. The van der Waals surface area contributed by atoms with Crippen molar-refractivity contribution in [1.82, 2.24) is 4.90 Å². The van der Waals surface area contributed by atoms with Gasteiger partial charge in [-0.3, -0.25) is 9.59 Å². The number of phenols is 1. The van der Waals surface area contributed by atoms with Gasteiger partial charge in [0.1, 0.15) is 5.75 Å². The van der Waals surface area contributed by atoms with E-state index in [1.807, 2.05) is 0 Å². The molecular formula is C14H18ClN3O3. The van der Waals surface area contributed by atoms with Gasteiger partial charge in [0.05, 0.1) is 16.3 Å². The van der Waals surface area contributed by atoms with E-state index in [1.165, 1.54) is 12.1 Å². The molecule has 0 spiro atoms. The molecule has 2 rings (SSSR count). The molecule has 1 saturated heterocycles. The maximum atomic E-state index is 11.3. The normalized spacial score (nSPS) is 15.8. The highest BCUT2D eigenvalue weighted by Gasteiger charge is 2.21. The molecule has 0 aromatic heterocycles. The van der Waals surface area contributed by atoms with Crippen LogP contribution in [0.2, 0.25) is 5.02 Å². The van der Waals surface area contributed by atoms with Crippen LogP contribution in [0.4, 0.5) is 5.69 Å². The van der Waals surface area contributed by atoms with E-state index in [4.69, 9.17) is 17.3 Å². The molecule has 0 saturated carbocycles. The van der Waals surface area contributed by atoms with Crippen LogP contribution < -0.4 is 11.1 Å². The van der Waals surface area contributed by atoms with E-state index in [-0.39, 0.29) is 23.3 Å². The van der Waals surface area contributed by atoms with Crippen molar-refractivity contribution < 1.29 is 14.7 Å². The molecule has 1 aromatic carbocycles.